The van der Waals surface area contributed by atoms with Crippen LogP contribution in [0.4, 0.5) is 4.39 Å². The third-order valence-corrected chi connectivity index (χ3v) is 3.11. The van der Waals surface area contributed by atoms with Gasteiger partial charge in [0.25, 0.3) is 0 Å². The van der Waals surface area contributed by atoms with Crippen molar-refractivity contribution in [3.05, 3.63) is 58.1 Å². The Bertz CT molecular complexity index is 631. The molecule has 1 aromatic carbocycles. The Balaban J connectivity index is 2.31. The van der Waals surface area contributed by atoms with Gasteiger partial charge in [0.1, 0.15) is 11.6 Å². The van der Waals surface area contributed by atoms with Crippen molar-refractivity contribution in [1.82, 2.24) is 4.98 Å². The first-order valence-corrected chi connectivity index (χ1v) is 6.98. The molecule has 0 atom stereocenters. The van der Waals surface area contributed by atoms with E-state index in [0.717, 1.165) is 6.42 Å². The summed E-state index contributed by atoms with van der Waals surface area (Å²) in [7, 11) is 0. The summed E-state index contributed by atoms with van der Waals surface area (Å²) in [6.45, 7) is 2.53. The normalized spacial score (nSPS) is 10.3. The molecule has 0 saturated carbocycles. The number of ketones is 1. The molecule has 0 unspecified atom stereocenters. The number of rotatable bonds is 5. The predicted octanol–water partition coefficient (Wildman–Crippen LogP) is 4.00. The van der Waals surface area contributed by atoms with Crippen LogP contribution in [0.25, 0.3) is 0 Å². The van der Waals surface area contributed by atoms with Crippen LogP contribution in [0.15, 0.2) is 41.1 Å². The highest BCUT2D eigenvalue weighted by Gasteiger charge is 2.15. The number of pyridine rings is 1. The topological polar surface area (TPSA) is 39.2 Å². The Labute approximate surface area is 124 Å². The third kappa shape index (κ3) is 3.42. The molecule has 0 N–H and O–H groups in total. The Morgan fingerprint density at radius 1 is 1.35 bits per heavy atom. The second kappa shape index (κ2) is 6.61. The van der Waals surface area contributed by atoms with Crippen molar-refractivity contribution in [2.75, 3.05) is 6.61 Å². The molecule has 0 saturated heterocycles. The number of halogens is 2. The molecule has 0 bridgehead atoms. The Morgan fingerprint density at radius 3 is 2.90 bits per heavy atom. The molecule has 0 amide bonds. The third-order valence-electron chi connectivity index (χ3n) is 2.62. The molecular formula is C15H13BrFNO2. The maximum Gasteiger partial charge on any atom is 0.197 e. The first kappa shape index (κ1) is 14.7. The fourth-order valence-corrected chi connectivity index (χ4v) is 2.03. The summed E-state index contributed by atoms with van der Waals surface area (Å²) in [4.78, 5) is 16.2. The minimum Gasteiger partial charge on any atom is -0.492 e. The van der Waals surface area contributed by atoms with E-state index in [-0.39, 0.29) is 5.56 Å². The summed E-state index contributed by atoms with van der Waals surface area (Å²) in [5.74, 6) is -0.468. The Hall–Kier alpha value is -1.75. The first-order valence-electron chi connectivity index (χ1n) is 6.19. The highest BCUT2D eigenvalue weighted by Crippen LogP contribution is 2.20. The van der Waals surface area contributed by atoms with Crippen LogP contribution >= 0.6 is 15.9 Å². The summed E-state index contributed by atoms with van der Waals surface area (Å²) in [5.41, 5.74) is 0.310. The number of ether oxygens (including phenoxy) is 1. The number of carbonyl (C=O) groups excluding carboxylic acids is 1. The quantitative estimate of drug-likeness (QED) is 0.774. The molecule has 3 nitrogen and oxygen atoms in total. The SMILES string of the molecule is CCCOc1cncc(C(=O)c2cc(Br)ccc2F)c1. The number of hydrogen-bond acceptors (Lipinski definition) is 3. The average molecular weight is 338 g/mol. The van der Waals surface area contributed by atoms with E-state index in [1.807, 2.05) is 6.92 Å². The van der Waals surface area contributed by atoms with Crippen molar-refractivity contribution in [2.45, 2.75) is 13.3 Å². The fourth-order valence-electron chi connectivity index (χ4n) is 1.67. The molecule has 2 rings (SSSR count). The average Bonchev–Trinajstić information content (AvgIpc) is 2.47. The Morgan fingerprint density at radius 2 is 2.15 bits per heavy atom. The second-order valence-electron chi connectivity index (χ2n) is 4.21. The summed E-state index contributed by atoms with van der Waals surface area (Å²) >= 11 is 3.23. The van der Waals surface area contributed by atoms with Gasteiger partial charge < -0.3 is 4.74 Å². The van der Waals surface area contributed by atoms with Gasteiger partial charge >= 0.3 is 0 Å². The number of nitrogens with zero attached hydrogens (tertiary/aromatic N) is 1. The van der Waals surface area contributed by atoms with E-state index in [1.54, 1.807) is 12.1 Å². The number of carbonyl (C=O) groups is 1. The van der Waals surface area contributed by atoms with Crippen LogP contribution < -0.4 is 4.74 Å². The van der Waals surface area contributed by atoms with Crippen molar-refractivity contribution in [3.63, 3.8) is 0 Å². The molecule has 0 aliphatic rings. The maximum atomic E-state index is 13.7. The standard InChI is InChI=1S/C15H13BrFNO2/c1-2-5-20-12-6-10(8-18-9-12)15(19)13-7-11(16)3-4-14(13)17/h3-4,6-9H,2,5H2,1H3. The molecule has 1 aromatic heterocycles. The molecule has 5 heteroatoms. The van der Waals surface area contributed by atoms with E-state index in [0.29, 0.717) is 22.4 Å². The minimum atomic E-state index is -0.557. The molecule has 0 spiro atoms. The summed E-state index contributed by atoms with van der Waals surface area (Å²) in [6, 6.07) is 5.83. The maximum absolute atomic E-state index is 13.7. The molecule has 0 radical (unpaired) electrons. The molecule has 20 heavy (non-hydrogen) atoms. The smallest absolute Gasteiger partial charge is 0.197 e. The van der Waals surface area contributed by atoms with Crippen LogP contribution in [0.1, 0.15) is 29.3 Å². The summed E-state index contributed by atoms with van der Waals surface area (Å²) in [6.07, 6.45) is 3.80. The number of hydrogen-bond donors (Lipinski definition) is 0. The monoisotopic (exact) mass is 337 g/mol. The highest BCUT2D eigenvalue weighted by molar-refractivity contribution is 9.10. The zero-order valence-electron chi connectivity index (χ0n) is 10.9. The van der Waals surface area contributed by atoms with Gasteiger partial charge in [0.05, 0.1) is 18.4 Å². The lowest BCUT2D eigenvalue weighted by atomic mass is 10.0. The van der Waals surface area contributed by atoms with E-state index >= 15 is 0 Å². The minimum absolute atomic E-state index is 0.00816. The number of aromatic nitrogens is 1. The second-order valence-corrected chi connectivity index (χ2v) is 5.13. The Kier molecular flexibility index (Phi) is 4.84. The first-order chi connectivity index (χ1) is 9.61. The lowest BCUT2D eigenvalue weighted by molar-refractivity contribution is 0.103. The molecule has 0 aliphatic heterocycles. The lowest BCUT2D eigenvalue weighted by Crippen LogP contribution is -2.06. The van der Waals surface area contributed by atoms with Gasteiger partial charge in [-0.05, 0) is 30.7 Å². The molecular weight excluding hydrogens is 325 g/mol. The molecule has 0 fully saturated rings. The lowest BCUT2D eigenvalue weighted by Gasteiger charge is -2.07. The largest absolute Gasteiger partial charge is 0.492 e. The van der Waals surface area contributed by atoms with E-state index in [9.17, 15) is 9.18 Å². The van der Waals surface area contributed by atoms with E-state index in [2.05, 4.69) is 20.9 Å². The zero-order valence-corrected chi connectivity index (χ0v) is 12.5. The van der Waals surface area contributed by atoms with Gasteiger partial charge in [-0.3, -0.25) is 9.78 Å². The van der Waals surface area contributed by atoms with Crippen molar-refractivity contribution in [2.24, 2.45) is 0 Å². The van der Waals surface area contributed by atoms with Crippen LogP contribution in [0, 0.1) is 5.82 Å². The van der Waals surface area contributed by atoms with Gasteiger partial charge in [-0.15, -0.1) is 0 Å². The molecule has 2 aromatic rings. The van der Waals surface area contributed by atoms with E-state index in [4.69, 9.17) is 4.74 Å². The van der Waals surface area contributed by atoms with Crippen molar-refractivity contribution >= 4 is 21.7 Å². The zero-order chi connectivity index (χ0) is 14.5. The van der Waals surface area contributed by atoms with Gasteiger partial charge in [-0.25, -0.2) is 4.39 Å². The van der Waals surface area contributed by atoms with Crippen molar-refractivity contribution in [1.29, 1.82) is 0 Å². The van der Waals surface area contributed by atoms with Crippen molar-refractivity contribution < 1.29 is 13.9 Å². The highest BCUT2D eigenvalue weighted by atomic mass is 79.9. The van der Waals surface area contributed by atoms with Crippen LogP contribution in [-0.4, -0.2) is 17.4 Å². The van der Waals surface area contributed by atoms with Crippen molar-refractivity contribution in [3.8, 4) is 5.75 Å². The van der Waals surface area contributed by atoms with E-state index in [1.165, 1.54) is 24.5 Å². The molecule has 1 heterocycles. The molecule has 104 valence electrons. The fraction of sp³-hybridized carbons (Fsp3) is 0.200. The molecule has 0 aliphatic carbocycles. The van der Waals surface area contributed by atoms with Gasteiger partial charge in [0.15, 0.2) is 5.78 Å². The van der Waals surface area contributed by atoms with Crippen LogP contribution in [-0.2, 0) is 0 Å². The van der Waals surface area contributed by atoms with Crippen LogP contribution in [0.3, 0.4) is 0 Å². The van der Waals surface area contributed by atoms with Gasteiger partial charge in [0, 0.05) is 16.2 Å². The van der Waals surface area contributed by atoms with E-state index < -0.39 is 11.6 Å². The predicted molar refractivity (Wildman–Crippen MR) is 77.6 cm³/mol. The summed E-state index contributed by atoms with van der Waals surface area (Å²) < 4.78 is 19.8. The number of benzene rings is 1. The van der Waals surface area contributed by atoms with Crippen LogP contribution in [0.2, 0.25) is 0 Å². The van der Waals surface area contributed by atoms with Crippen LogP contribution in [0.5, 0.6) is 5.75 Å². The van der Waals surface area contributed by atoms with Gasteiger partial charge in [0.2, 0.25) is 0 Å². The van der Waals surface area contributed by atoms with Gasteiger partial charge in [-0.2, -0.15) is 0 Å². The summed E-state index contributed by atoms with van der Waals surface area (Å²) in [5, 5.41) is 0. The van der Waals surface area contributed by atoms with Gasteiger partial charge in [-0.1, -0.05) is 22.9 Å².